The third kappa shape index (κ3) is 2.50. The third-order valence-electron chi connectivity index (χ3n) is 4.31. The van der Waals surface area contributed by atoms with Crippen LogP contribution in [0.1, 0.15) is 16.1 Å². The normalized spacial score (nSPS) is 10.8. The van der Waals surface area contributed by atoms with Crippen LogP contribution in [0.3, 0.4) is 0 Å². The van der Waals surface area contributed by atoms with Crippen LogP contribution in [0.25, 0.3) is 16.6 Å². The summed E-state index contributed by atoms with van der Waals surface area (Å²) < 4.78 is 7.62. The summed E-state index contributed by atoms with van der Waals surface area (Å²) in [5.41, 5.74) is 3.93. The number of methoxy groups -OCH3 is 1. The Bertz CT molecular complexity index is 1030. The van der Waals surface area contributed by atoms with E-state index in [1.54, 1.807) is 7.11 Å². The van der Waals surface area contributed by atoms with Crippen molar-refractivity contribution in [1.29, 1.82) is 0 Å². The van der Waals surface area contributed by atoms with E-state index >= 15 is 0 Å². The van der Waals surface area contributed by atoms with Crippen LogP contribution in [0, 0.1) is 0 Å². The second kappa shape index (κ2) is 6.29. The Morgan fingerprint density at radius 3 is 2.16 bits per heavy atom. The van der Waals surface area contributed by atoms with E-state index in [1.807, 2.05) is 89.5 Å². The van der Waals surface area contributed by atoms with E-state index in [2.05, 4.69) is 0 Å². The van der Waals surface area contributed by atoms with Crippen LogP contribution < -0.4 is 4.74 Å². The number of carbonyl (C=O) groups excluding carboxylic acids is 1. The molecule has 3 heteroatoms. The highest BCUT2D eigenvalue weighted by Crippen LogP contribution is 2.40. The molecule has 0 spiro atoms. The lowest BCUT2D eigenvalue weighted by molar-refractivity contribution is 0.103. The molecule has 0 radical (unpaired) electrons. The van der Waals surface area contributed by atoms with Gasteiger partial charge in [0.1, 0.15) is 5.69 Å². The van der Waals surface area contributed by atoms with Crippen molar-refractivity contribution in [3.05, 3.63) is 96.3 Å². The van der Waals surface area contributed by atoms with Gasteiger partial charge in [-0.1, -0.05) is 66.7 Å². The predicted octanol–water partition coefficient (Wildman–Crippen LogP) is 4.85. The third-order valence-corrected chi connectivity index (χ3v) is 4.31. The van der Waals surface area contributed by atoms with Gasteiger partial charge in [0.2, 0.25) is 5.78 Å². The maximum atomic E-state index is 13.3. The summed E-state index contributed by atoms with van der Waals surface area (Å²) >= 11 is 0. The molecule has 2 aromatic heterocycles. The lowest BCUT2D eigenvalue weighted by Crippen LogP contribution is -2.06. The summed E-state index contributed by atoms with van der Waals surface area (Å²) in [5.74, 6) is 0.690. The monoisotopic (exact) mass is 327 g/mol. The zero-order valence-electron chi connectivity index (χ0n) is 13.8. The molecule has 0 amide bonds. The number of rotatable bonds is 4. The highest BCUT2D eigenvalue weighted by Gasteiger charge is 2.25. The van der Waals surface area contributed by atoms with Crippen molar-refractivity contribution >= 4 is 11.3 Å². The lowest BCUT2D eigenvalue weighted by Gasteiger charge is -2.07. The van der Waals surface area contributed by atoms with Crippen molar-refractivity contribution in [3.63, 3.8) is 0 Å². The number of nitrogens with zero attached hydrogens (tertiary/aromatic N) is 1. The Morgan fingerprint density at radius 2 is 1.48 bits per heavy atom. The van der Waals surface area contributed by atoms with Crippen LogP contribution >= 0.6 is 0 Å². The standard InChI is InChI=1S/C22H17NO2/c1-25-22-18-14-8-9-15-23(18)20(19(22)16-10-4-2-5-11-16)21(24)17-12-6-3-7-13-17/h2-15H,1H3. The molecule has 3 nitrogen and oxygen atoms in total. The molecule has 0 aliphatic rings. The second-order valence-corrected chi connectivity index (χ2v) is 5.77. The largest absolute Gasteiger partial charge is 0.494 e. The van der Waals surface area contributed by atoms with E-state index in [0.29, 0.717) is 17.0 Å². The highest BCUT2D eigenvalue weighted by molar-refractivity contribution is 6.14. The molecule has 4 rings (SSSR count). The second-order valence-electron chi connectivity index (χ2n) is 5.77. The quantitative estimate of drug-likeness (QED) is 0.502. The summed E-state index contributed by atoms with van der Waals surface area (Å²) in [7, 11) is 1.64. The number of carbonyl (C=O) groups is 1. The van der Waals surface area contributed by atoms with Crippen molar-refractivity contribution in [2.75, 3.05) is 7.11 Å². The van der Waals surface area contributed by atoms with E-state index in [0.717, 1.165) is 16.6 Å². The molecule has 2 aromatic carbocycles. The van der Waals surface area contributed by atoms with Gasteiger partial charge in [-0.05, 0) is 17.7 Å². The molecule has 4 aromatic rings. The number of fused-ring (bicyclic) bond motifs is 1. The van der Waals surface area contributed by atoms with Gasteiger partial charge in [-0.15, -0.1) is 0 Å². The van der Waals surface area contributed by atoms with Crippen molar-refractivity contribution in [1.82, 2.24) is 4.40 Å². The van der Waals surface area contributed by atoms with E-state index in [4.69, 9.17) is 4.74 Å². The zero-order valence-corrected chi connectivity index (χ0v) is 13.8. The van der Waals surface area contributed by atoms with Gasteiger partial charge in [0.25, 0.3) is 0 Å². The minimum atomic E-state index is -0.0241. The summed E-state index contributed by atoms with van der Waals surface area (Å²) in [6.45, 7) is 0. The molecule has 0 fully saturated rings. The number of pyridine rings is 1. The number of hydrogen-bond donors (Lipinski definition) is 0. The maximum absolute atomic E-state index is 13.3. The molecule has 0 unspecified atom stereocenters. The molecule has 0 aliphatic carbocycles. The first kappa shape index (κ1) is 15.2. The first-order valence-corrected chi connectivity index (χ1v) is 8.13. The van der Waals surface area contributed by atoms with Crippen molar-refractivity contribution < 1.29 is 9.53 Å². The van der Waals surface area contributed by atoms with Gasteiger partial charge in [0.15, 0.2) is 5.75 Å². The molecule has 2 heterocycles. The van der Waals surface area contributed by atoms with Gasteiger partial charge >= 0.3 is 0 Å². The van der Waals surface area contributed by atoms with Gasteiger partial charge in [-0.25, -0.2) is 0 Å². The predicted molar refractivity (Wildman–Crippen MR) is 99.3 cm³/mol. The summed E-state index contributed by atoms with van der Waals surface area (Å²) in [6, 6.07) is 25.1. The van der Waals surface area contributed by atoms with E-state index in [-0.39, 0.29) is 5.78 Å². The molecular weight excluding hydrogens is 310 g/mol. The van der Waals surface area contributed by atoms with Crippen molar-refractivity contribution in [2.45, 2.75) is 0 Å². The Labute approximate surface area is 146 Å². The maximum Gasteiger partial charge on any atom is 0.210 e. The molecule has 0 bridgehead atoms. The van der Waals surface area contributed by atoms with E-state index < -0.39 is 0 Å². The Morgan fingerprint density at radius 1 is 0.840 bits per heavy atom. The average Bonchev–Trinajstić information content (AvgIpc) is 3.03. The molecule has 122 valence electrons. The topological polar surface area (TPSA) is 30.7 Å². The van der Waals surface area contributed by atoms with Crippen molar-refractivity contribution in [2.24, 2.45) is 0 Å². The SMILES string of the molecule is COc1c(-c2ccccc2)c(C(=O)c2ccccc2)n2ccccc12. The fraction of sp³-hybridized carbons (Fsp3) is 0.0455. The first-order chi connectivity index (χ1) is 12.3. The Balaban J connectivity index is 2.07. The van der Waals surface area contributed by atoms with Crippen LogP contribution in [-0.2, 0) is 0 Å². The fourth-order valence-electron chi connectivity index (χ4n) is 3.21. The molecule has 25 heavy (non-hydrogen) atoms. The average molecular weight is 327 g/mol. The van der Waals surface area contributed by atoms with Gasteiger partial charge < -0.3 is 9.14 Å². The minimum Gasteiger partial charge on any atom is -0.494 e. The number of aromatic nitrogens is 1. The van der Waals surface area contributed by atoms with E-state index in [1.165, 1.54) is 0 Å². The van der Waals surface area contributed by atoms with Gasteiger partial charge in [-0.3, -0.25) is 4.79 Å². The number of ether oxygens (including phenoxy) is 1. The minimum absolute atomic E-state index is 0.0241. The van der Waals surface area contributed by atoms with Gasteiger partial charge in [0.05, 0.1) is 18.2 Å². The Hall–Kier alpha value is -3.33. The first-order valence-electron chi connectivity index (χ1n) is 8.13. The molecule has 0 saturated carbocycles. The van der Waals surface area contributed by atoms with Crippen LogP contribution in [0.2, 0.25) is 0 Å². The molecule has 0 saturated heterocycles. The van der Waals surface area contributed by atoms with E-state index in [9.17, 15) is 4.79 Å². The fourth-order valence-corrected chi connectivity index (χ4v) is 3.21. The molecule has 0 atom stereocenters. The van der Waals surface area contributed by atoms with Crippen LogP contribution in [0.4, 0.5) is 0 Å². The summed E-state index contributed by atoms with van der Waals surface area (Å²) in [4.78, 5) is 13.3. The van der Waals surface area contributed by atoms with Gasteiger partial charge in [-0.2, -0.15) is 0 Å². The summed E-state index contributed by atoms with van der Waals surface area (Å²) in [6.07, 6.45) is 1.90. The zero-order chi connectivity index (χ0) is 17.2. The van der Waals surface area contributed by atoms with Crippen LogP contribution in [0.15, 0.2) is 85.1 Å². The number of hydrogen-bond acceptors (Lipinski definition) is 2. The molecule has 0 aliphatic heterocycles. The number of benzene rings is 2. The highest BCUT2D eigenvalue weighted by atomic mass is 16.5. The molecule has 0 N–H and O–H groups in total. The summed E-state index contributed by atoms with van der Waals surface area (Å²) in [5, 5.41) is 0. The van der Waals surface area contributed by atoms with Gasteiger partial charge in [0, 0.05) is 11.8 Å². The van der Waals surface area contributed by atoms with Crippen LogP contribution in [0.5, 0.6) is 5.75 Å². The smallest absolute Gasteiger partial charge is 0.210 e. The lowest BCUT2D eigenvalue weighted by atomic mass is 9.99. The van der Waals surface area contributed by atoms with Crippen molar-refractivity contribution in [3.8, 4) is 16.9 Å². The Kier molecular flexibility index (Phi) is 3.82. The van der Waals surface area contributed by atoms with Crippen LogP contribution in [-0.4, -0.2) is 17.3 Å². The molecular formula is C22H17NO2. The number of ketones is 1.